The van der Waals surface area contributed by atoms with Gasteiger partial charge in [0.05, 0.1) is 9.98 Å². The van der Waals surface area contributed by atoms with Crippen LogP contribution in [0.25, 0.3) is 0 Å². The summed E-state index contributed by atoms with van der Waals surface area (Å²) in [5.74, 6) is 5.15. The quantitative estimate of drug-likeness (QED) is 0.581. The Morgan fingerprint density at radius 3 is 2.76 bits per heavy atom. The van der Waals surface area contributed by atoms with Crippen LogP contribution in [0.3, 0.4) is 0 Å². The van der Waals surface area contributed by atoms with E-state index in [1.165, 1.54) is 17.4 Å². The van der Waals surface area contributed by atoms with E-state index in [1.807, 2.05) is 0 Å². The first-order valence-corrected chi connectivity index (χ1v) is 6.03. The number of hydrogen-bond donors (Lipinski definition) is 3. The monoisotopic (exact) mass is 314 g/mol. The molecule has 0 saturated heterocycles. The fraction of sp³-hybridized carbons (Fsp3) is 0. The molecule has 2 aromatic rings. The molecule has 9 heteroatoms. The van der Waals surface area contributed by atoms with Gasteiger partial charge in [-0.1, -0.05) is 11.3 Å². The molecule has 0 spiro atoms. The Hall–Kier alpha value is -1.58. The first-order chi connectivity index (χ1) is 8.19. The van der Waals surface area contributed by atoms with E-state index in [4.69, 9.17) is 5.84 Å². The van der Waals surface area contributed by atoms with Crippen LogP contribution in [0.15, 0.2) is 22.1 Å². The van der Waals surface area contributed by atoms with E-state index in [1.54, 1.807) is 12.3 Å². The van der Waals surface area contributed by atoms with Crippen molar-refractivity contribution in [2.75, 3.05) is 10.7 Å². The molecule has 2 heterocycles. The lowest BCUT2D eigenvalue weighted by Crippen LogP contribution is -2.15. The minimum Gasteiger partial charge on any atom is -0.307 e. The maximum Gasteiger partial charge on any atom is 0.277 e. The lowest BCUT2D eigenvalue weighted by Gasteiger charge is -2.01. The topological polar surface area (TPSA) is 106 Å². The van der Waals surface area contributed by atoms with E-state index in [0.717, 1.165) is 3.79 Å². The number of rotatable bonds is 3. The van der Waals surface area contributed by atoms with Gasteiger partial charge in [-0.3, -0.25) is 10.1 Å². The van der Waals surface area contributed by atoms with Crippen LogP contribution in [0.5, 0.6) is 0 Å². The molecule has 0 fully saturated rings. The van der Waals surface area contributed by atoms with Gasteiger partial charge in [0.25, 0.3) is 5.91 Å². The highest BCUT2D eigenvalue weighted by Crippen LogP contribution is 2.23. The summed E-state index contributed by atoms with van der Waals surface area (Å²) in [7, 11) is 0. The summed E-state index contributed by atoms with van der Waals surface area (Å²) in [4.78, 5) is 15.7. The Labute approximate surface area is 109 Å². The first kappa shape index (κ1) is 11.9. The molecule has 17 heavy (non-hydrogen) atoms. The summed E-state index contributed by atoms with van der Waals surface area (Å²) in [6, 6.07) is 3.07. The minimum atomic E-state index is -0.372. The smallest absolute Gasteiger partial charge is 0.277 e. The van der Waals surface area contributed by atoms with Gasteiger partial charge in [0.2, 0.25) is 0 Å². The van der Waals surface area contributed by atoms with E-state index in [2.05, 4.69) is 41.9 Å². The molecule has 0 radical (unpaired) electrons. The molecular formula is C8H7BrN6OS. The number of carbonyl (C=O) groups is 1. The van der Waals surface area contributed by atoms with Crippen LogP contribution < -0.4 is 16.6 Å². The van der Waals surface area contributed by atoms with E-state index in [9.17, 15) is 4.79 Å². The maximum absolute atomic E-state index is 11.7. The third-order valence-electron chi connectivity index (χ3n) is 1.74. The van der Waals surface area contributed by atoms with Crippen molar-refractivity contribution < 1.29 is 4.79 Å². The van der Waals surface area contributed by atoms with Gasteiger partial charge in [0.1, 0.15) is 0 Å². The number of aromatic nitrogens is 3. The second kappa shape index (κ2) is 5.17. The second-order valence-corrected chi connectivity index (χ2v) is 5.28. The predicted molar refractivity (Wildman–Crippen MR) is 67.6 cm³/mol. The molecule has 0 aliphatic rings. The van der Waals surface area contributed by atoms with Gasteiger partial charge in [0, 0.05) is 0 Å². The molecule has 0 aliphatic carbocycles. The fourth-order valence-corrected chi connectivity index (χ4v) is 2.11. The number of hydrazine groups is 1. The van der Waals surface area contributed by atoms with Gasteiger partial charge >= 0.3 is 0 Å². The van der Waals surface area contributed by atoms with Crippen LogP contribution in [0.4, 0.5) is 10.9 Å². The lowest BCUT2D eigenvalue weighted by molar-refractivity contribution is 0.102. The zero-order valence-electron chi connectivity index (χ0n) is 8.35. The summed E-state index contributed by atoms with van der Waals surface area (Å²) >= 11 is 4.56. The van der Waals surface area contributed by atoms with Crippen molar-refractivity contribution >= 4 is 44.1 Å². The van der Waals surface area contributed by atoms with E-state index >= 15 is 0 Å². The molecule has 0 saturated carbocycles. The number of anilines is 2. The van der Waals surface area contributed by atoms with Gasteiger partial charge in [-0.15, -0.1) is 10.2 Å². The zero-order valence-corrected chi connectivity index (χ0v) is 10.7. The highest BCUT2D eigenvalue weighted by Gasteiger charge is 2.10. The van der Waals surface area contributed by atoms with Crippen molar-refractivity contribution in [2.24, 2.45) is 5.84 Å². The molecule has 88 valence electrons. The largest absolute Gasteiger partial charge is 0.307 e. The van der Waals surface area contributed by atoms with Crippen LogP contribution in [-0.4, -0.2) is 21.1 Å². The molecule has 0 bridgehead atoms. The summed E-state index contributed by atoms with van der Waals surface area (Å²) in [5.41, 5.74) is 2.51. The number of nitrogens with zero attached hydrogens (tertiary/aromatic N) is 3. The van der Waals surface area contributed by atoms with Crippen molar-refractivity contribution in [3.63, 3.8) is 0 Å². The minimum absolute atomic E-state index is 0.190. The van der Waals surface area contributed by atoms with Gasteiger partial charge in [0.15, 0.2) is 16.6 Å². The molecule has 2 aromatic heterocycles. The van der Waals surface area contributed by atoms with Gasteiger partial charge < -0.3 is 5.43 Å². The molecule has 0 atom stereocenters. The van der Waals surface area contributed by atoms with Crippen LogP contribution in [-0.2, 0) is 0 Å². The molecular weight excluding hydrogens is 308 g/mol. The van der Waals surface area contributed by atoms with Crippen molar-refractivity contribution in [1.29, 1.82) is 0 Å². The van der Waals surface area contributed by atoms with Gasteiger partial charge in [-0.25, -0.2) is 10.8 Å². The van der Waals surface area contributed by atoms with Crippen LogP contribution in [0.1, 0.15) is 10.5 Å². The summed E-state index contributed by atoms with van der Waals surface area (Å²) < 4.78 is 0.835. The third kappa shape index (κ3) is 2.96. The van der Waals surface area contributed by atoms with Crippen molar-refractivity contribution in [1.82, 2.24) is 15.2 Å². The van der Waals surface area contributed by atoms with Crippen LogP contribution in [0.2, 0.25) is 0 Å². The summed E-state index contributed by atoms with van der Waals surface area (Å²) in [6.07, 6.45) is 1.60. The Bertz CT molecular complexity index is 527. The number of halogens is 1. The highest BCUT2D eigenvalue weighted by molar-refractivity contribution is 9.11. The lowest BCUT2D eigenvalue weighted by atomic mass is 10.3. The van der Waals surface area contributed by atoms with E-state index in [-0.39, 0.29) is 11.6 Å². The van der Waals surface area contributed by atoms with Gasteiger partial charge in [-0.05, 0) is 28.1 Å². The first-order valence-electron chi connectivity index (χ1n) is 4.42. The molecule has 4 N–H and O–H groups in total. The van der Waals surface area contributed by atoms with E-state index < -0.39 is 0 Å². The zero-order chi connectivity index (χ0) is 12.3. The molecule has 0 aromatic carbocycles. The molecule has 2 rings (SSSR count). The molecule has 1 amide bonds. The highest BCUT2D eigenvalue weighted by atomic mass is 79.9. The number of nitrogen functional groups attached to an aromatic ring is 1. The van der Waals surface area contributed by atoms with Gasteiger partial charge in [-0.2, -0.15) is 0 Å². The van der Waals surface area contributed by atoms with Crippen molar-refractivity contribution in [2.45, 2.75) is 0 Å². The molecule has 0 aliphatic heterocycles. The predicted octanol–water partition coefficient (Wildman–Crippen LogP) is 1.23. The number of nitrogens with two attached hydrogens (primary N) is 1. The maximum atomic E-state index is 11.7. The van der Waals surface area contributed by atoms with Crippen LogP contribution >= 0.6 is 27.3 Å². The number of nitrogens with one attached hydrogen (secondary N) is 2. The SMILES string of the molecule is NNc1ccc(C(=O)Nc2ncc(Br)s2)nn1. The number of thiazole rings is 1. The number of amides is 1. The van der Waals surface area contributed by atoms with Crippen molar-refractivity contribution in [3.05, 3.63) is 27.8 Å². The van der Waals surface area contributed by atoms with E-state index in [0.29, 0.717) is 10.9 Å². The van der Waals surface area contributed by atoms with Crippen molar-refractivity contribution in [3.8, 4) is 0 Å². The fourth-order valence-electron chi connectivity index (χ4n) is 1.00. The molecule has 7 nitrogen and oxygen atoms in total. The number of hydrogen-bond acceptors (Lipinski definition) is 7. The Morgan fingerprint density at radius 1 is 1.41 bits per heavy atom. The standard InChI is InChI=1S/C8H7BrN6OS/c9-5-3-11-8(17-5)12-7(16)4-1-2-6(13-10)15-14-4/h1-3H,10H2,(H,13,15)(H,11,12,16). The average molecular weight is 315 g/mol. The summed E-state index contributed by atoms with van der Waals surface area (Å²) in [6.45, 7) is 0. The normalized spacial score (nSPS) is 10.0. The third-order valence-corrected chi connectivity index (χ3v) is 3.13. The average Bonchev–Trinajstić information content (AvgIpc) is 2.75. The Morgan fingerprint density at radius 2 is 2.24 bits per heavy atom. The Balaban J connectivity index is 2.09. The Kier molecular flexibility index (Phi) is 3.61. The van der Waals surface area contributed by atoms with Crippen LogP contribution in [0, 0.1) is 0 Å². The second-order valence-electron chi connectivity index (χ2n) is 2.87. The summed E-state index contributed by atoms with van der Waals surface area (Å²) in [5, 5.41) is 10.5. The molecule has 0 unspecified atom stereocenters. The number of carbonyl (C=O) groups excluding carboxylic acids is 1.